The van der Waals surface area contributed by atoms with Gasteiger partial charge in [0.1, 0.15) is 5.82 Å². The first kappa shape index (κ1) is 13.5. The van der Waals surface area contributed by atoms with E-state index in [-0.39, 0.29) is 5.92 Å². The Labute approximate surface area is 112 Å². The molecule has 1 aromatic carbocycles. The number of hydrogen-bond donors (Lipinski definition) is 4. The smallest absolute Gasteiger partial charge is 0.239 e. The highest BCUT2D eigenvalue weighted by molar-refractivity contribution is 5.89. The van der Waals surface area contributed by atoms with Gasteiger partial charge < -0.3 is 10.4 Å². The van der Waals surface area contributed by atoms with E-state index >= 15 is 0 Å². The standard InChI is InChI=1S/C13H19N5O/c1-8(2)11(19)7-15-12-9-5-3-4-6-10(9)16-13(17-12)18-14/h3-6,8,11,19H,7,14H2,1-2H3,(H2,15,16,17,18). The van der Waals surface area contributed by atoms with E-state index in [2.05, 4.69) is 20.7 Å². The zero-order chi connectivity index (χ0) is 13.8. The number of aliphatic hydroxyl groups excluding tert-OH is 1. The third-order valence-electron chi connectivity index (χ3n) is 2.98. The first-order chi connectivity index (χ1) is 9.11. The molecule has 1 aromatic heterocycles. The van der Waals surface area contributed by atoms with E-state index in [1.807, 2.05) is 38.1 Å². The van der Waals surface area contributed by atoms with Crippen molar-refractivity contribution in [2.24, 2.45) is 11.8 Å². The van der Waals surface area contributed by atoms with Crippen LogP contribution in [0.2, 0.25) is 0 Å². The van der Waals surface area contributed by atoms with E-state index in [1.165, 1.54) is 0 Å². The average Bonchev–Trinajstić information content (AvgIpc) is 2.43. The number of nitrogens with zero attached hydrogens (tertiary/aromatic N) is 2. The van der Waals surface area contributed by atoms with Gasteiger partial charge in [-0.1, -0.05) is 26.0 Å². The molecule has 6 heteroatoms. The Morgan fingerprint density at radius 3 is 2.68 bits per heavy atom. The molecule has 102 valence electrons. The van der Waals surface area contributed by atoms with E-state index in [9.17, 15) is 5.11 Å². The largest absolute Gasteiger partial charge is 0.391 e. The lowest BCUT2D eigenvalue weighted by Crippen LogP contribution is -2.25. The van der Waals surface area contributed by atoms with E-state index in [0.29, 0.717) is 18.3 Å². The molecule has 0 aliphatic rings. The van der Waals surface area contributed by atoms with Gasteiger partial charge in [0.2, 0.25) is 5.95 Å². The molecule has 1 unspecified atom stereocenters. The molecule has 0 bridgehead atoms. The summed E-state index contributed by atoms with van der Waals surface area (Å²) in [5, 5.41) is 13.9. The fraction of sp³-hybridized carbons (Fsp3) is 0.385. The summed E-state index contributed by atoms with van der Waals surface area (Å²) in [6.45, 7) is 4.37. The number of rotatable bonds is 5. The van der Waals surface area contributed by atoms with Gasteiger partial charge in [0.25, 0.3) is 0 Å². The van der Waals surface area contributed by atoms with Gasteiger partial charge in [0.15, 0.2) is 0 Å². The third kappa shape index (κ3) is 3.10. The van der Waals surface area contributed by atoms with Crippen molar-refractivity contribution in [3.63, 3.8) is 0 Å². The molecule has 1 heterocycles. The lowest BCUT2D eigenvalue weighted by atomic mass is 10.1. The van der Waals surface area contributed by atoms with Crippen LogP contribution in [0.25, 0.3) is 10.9 Å². The Balaban J connectivity index is 2.30. The predicted molar refractivity (Wildman–Crippen MR) is 76.7 cm³/mol. The fourth-order valence-electron chi connectivity index (χ4n) is 1.71. The van der Waals surface area contributed by atoms with Crippen LogP contribution in [-0.2, 0) is 0 Å². The Hall–Kier alpha value is -1.92. The second-order valence-electron chi connectivity index (χ2n) is 4.75. The minimum atomic E-state index is -0.428. The SMILES string of the molecule is CC(C)C(O)CNc1nc(NN)nc2ccccc12. The number of aromatic nitrogens is 2. The van der Waals surface area contributed by atoms with Crippen LogP contribution in [0, 0.1) is 5.92 Å². The van der Waals surface area contributed by atoms with Gasteiger partial charge in [-0.25, -0.2) is 10.8 Å². The van der Waals surface area contributed by atoms with Gasteiger partial charge >= 0.3 is 0 Å². The minimum Gasteiger partial charge on any atom is -0.391 e. The first-order valence-corrected chi connectivity index (χ1v) is 6.27. The second-order valence-corrected chi connectivity index (χ2v) is 4.75. The molecule has 0 saturated carbocycles. The number of fused-ring (bicyclic) bond motifs is 1. The van der Waals surface area contributed by atoms with Gasteiger partial charge in [0.05, 0.1) is 11.6 Å². The quantitative estimate of drug-likeness (QED) is 0.479. The van der Waals surface area contributed by atoms with Crippen molar-refractivity contribution < 1.29 is 5.11 Å². The third-order valence-corrected chi connectivity index (χ3v) is 2.98. The Morgan fingerprint density at radius 1 is 1.26 bits per heavy atom. The van der Waals surface area contributed by atoms with Crippen LogP contribution in [0.5, 0.6) is 0 Å². The molecule has 0 spiro atoms. The number of para-hydroxylation sites is 1. The predicted octanol–water partition coefficient (Wildman–Crippen LogP) is 1.34. The van der Waals surface area contributed by atoms with Crippen molar-refractivity contribution >= 4 is 22.7 Å². The van der Waals surface area contributed by atoms with E-state index < -0.39 is 6.10 Å². The maximum Gasteiger partial charge on any atom is 0.239 e. The molecule has 19 heavy (non-hydrogen) atoms. The molecule has 0 fully saturated rings. The van der Waals surface area contributed by atoms with Crippen molar-refractivity contribution in [1.29, 1.82) is 0 Å². The maximum atomic E-state index is 9.84. The molecule has 6 nitrogen and oxygen atoms in total. The molecule has 0 amide bonds. The summed E-state index contributed by atoms with van der Waals surface area (Å²) in [6.07, 6.45) is -0.428. The molecule has 2 aromatic rings. The number of nitrogens with one attached hydrogen (secondary N) is 2. The lowest BCUT2D eigenvalue weighted by Gasteiger charge is -2.16. The highest BCUT2D eigenvalue weighted by atomic mass is 16.3. The van der Waals surface area contributed by atoms with E-state index in [4.69, 9.17) is 5.84 Å². The molecular formula is C13H19N5O. The van der Waals surface area contributed by atoms with Crippen molar-refractivity contribution in [2.75, 3.05) is 17.3 Å². The fourth-order valence-corrected chi connectivity index (χ4v) is 1.71. The second kappa shape index (κ2) is 5.81. The van der Waals surface area contributed by atoms with Crippen LogP contribution in [0.15, 0.2) is 24.3 Å². The zero-order valence-electron chi connectivity index (χ0n) is 11.1. The molecule has 0 radical (unpaired) electrons. The molecule has 2 rings (SSSR count). The first-order valence-electron chi connectivity index (χ1n) is 6.27. The average molecular weight is 261 g/mol. The minimum absolute atomic E-state index is 0.188. The van der Waals surface area contributed by atoms with Gasteiger partial charge in [-0.15, -0.1) is 0 Å². The summed E-state index contributed by atoms with van der Waals surface area (Å²) < 4.78 is 0. The number of hydrogen-bond acceptors (Lipinski definition) is 6. The molecule has 0 saturated heterocycles. The topological polar surface area (TPSA) is 96.1 Å². The van der Waals surface area contributed by atoms with Crippen LogP contribution in [0.4, 0.5) is 11.8 Å². The Bertz CT molecular complexity index is 558. The molecule has 5 N–H and O–H groups in total. The van der Waals surface area contributed by atoms with Crippen LogP contribution in [-0.4, -0.2) is 27.7 Å². The summed E-state index contributed by atoms with van der Waals surface area (Å²) in [6, 6.07) is 7.65. The summed E-state index contributed by atoms with van der Waals surface area (Å²) in [7, 11) is 0. The highest BCUT2D eigenvalue weighted by Gasteiger charge is 2.11. The number of benzene rings is 1. The van der Waals surface area contributed by atoms with Crippen molar-refractivity contribution in [2.45, 2.75) is 20.0 Å². The van der Waals surface area contributed by atoms with Crippen molar-refractivity contribution in [1.82, 2.24) is 9.97 Å². The molecule has 0 aliphatic carbocycles. The van der Waals surface area contributed by atoms with Gasteiger partial charge in [0, 0.05) is 11.9 Å². The Morgan fingerprint density at radius 2 is 2.00 bits per heavy atom. The number of aliphatic hydroxyl groups is 1. The molecule has 1 atom stereocenters. The summed E-state index contributed by atoms with van der Waals surface area (Å²) in [5.74, 6) is 6.56. The normalized spacial score (nSPS) is 12.7. The van der Waals surface area contributed by atoms with Crippen LogP contribution < -0.4 is 16.6 Å². The summed E-state index contributed by atoms with van der Waals surface area (Å²) in [4.78, 5) is 8.55. The number of anilines is 2. The molecular weight excluding hydrogens is 242 g/mol. The highest BCUT2D eigenvalue weighted by Crippen LogP contribution is 2.21. The number of nitrogens with two attached hydrogens (primary N) is 1. The van der Waals surface area contributed by atoms with Gasteiger partial charge in [-0.3, -0.25) is 5.43 Å². The Kier molecular flexibility index (Phi) is 4.13. The number of hydrazine groups is 1. The van der Waals surface area contributed by atoms with Gasteiger partial charge in [-0.2, -0.15) is 4.98 Å². The molecule has 0 aliphatic heterocycles. The zero-order valence-corrected chi connectivity index (χ0v) is 11.1. The van der Waals surface area contributed by atoms with E-state index in [0.717, 1.165) is 10.9 Å². The maximum absolute atomic E-state index is 9.84. The monoisotopic (exact) mass is 261 g/mol. The van der Waals surface area contributed by atoms with Crippen LogP contribution >= 0.6 is 0 Å². The number of nitrogen functional groups attached to an aromatic ring is 1. The summed E-state index contributed by atoms with van der Waals surface area (Å²) in [5.41, 5.74) is 3.24. The van der Waals surface area contributed by atoms with Crippen molar-refractivity contribution in [3.8, 4) is 0 Å². The van der Waals surface area contributed by atoms with Crippen LogP contribution in [0.1, 0.15) is 13.8 Å². The lowest BCUT2D eigenvalue weighted by molar-refractivity contribution is 0.138. The van der Waals surface area contributed by atoms with Crippen LogP contribution in [0.3, 0.4) is 0 Å². The van der Waals surface area contributed by atoms with Gasteiger partial charge in [-0.05, 0) is 18.1 Å². The van der Waals surface area contributed by atoms with E-state index in [1.54, 1.807) is 0 Å². The van der Waals surface area contributed by atoms with Crippen molar-refractivity contribution in [3.05, 3.63) is 24.3 Å². The summed E-state index contributed by atoms with van der Waals surface area (Å²) >= 11 is 0.